The molecule has 0 radical (unpaired) electrons. The van der Waals surface area contributed by atoms with Crippen molar-refractivity contribution in [2.75, 3.05) is 13.2 Å². The Morgan fingerprint density at radius 1 is 1.71 bits per heavy atom. The highest BCUT2D eigenvalue weighted by atomic mass is 16.5. The molecular formula is C4H7NO2. The molecule has 1 rings (SSSR count). The molecule has 1 atom stereocenters. The van der Waals surface area contributed by atoms with Crippen LogP contribution in [-0.4, -0.2) is 13.2 Å². The van der Waals surface area contributed by atoms with Crippen molar-refractivity contribution in [1.82, 2.24) is 0 Å². The fourth-order valence-electron chi connectivity index (χ4n) is 0.435. The molecule has 0 saturated heterocycles. The average Bonchev–Trinajstić information content (AvgIpc) is 1.69. The number of nitrogens with one attached hydrogen (secondary N) is 1. The fourth-order valence-corrected chi connectivity index (χ4v) is 0.435. The SMILES string of the molecule is [O-][NH+]1C=COCC1. The van der Waals surface area contributed by atoms with E-state index in [1.54, 1.807) is 0 Å². The van der Waals surface area contributed by atoms with Gasteiger partial charge >= 0.3 is 0 Å². The highest BCUT2D eigenvalue weighted by Gasteiger charge is 1.95. The van der Waals surface area contributed by atoms with Crippen LogP contribution in [-0.2, 0) is 4.74 Å². The number of ether oxygens (including phenoxy) is 1. The van der Waals surface area contributed by atoms with Gasteiger partial charge in [-0.25, -0.2) is 0 Å². The molecule has 0 aromatic carbocycles. The van der Waals surface area contributed by atoms with Gasteiger partial charge in [-0.15, -0.1) is 0 Å². The molecule has 7 heavy (non-hydrogen) atoms. The first-order valence-electron chi connectivity index (χ1n) is 2.20. The zero-order valence-electron chi connectivity index (χ0n) is 3.89. The van der Waals surface area contributed by atoms with Crippen molar-refractivity contribution in [2.45, 2.75) is 0 Å². The molecular weight excluding hydrogens is 94.0 g/mol. The normalized spacial score (nSPS) is 29.6. The van der Waals surface area contributed by atoms with Crippen molar-refractivity contribution < 1.29 is 9.80 Å². The maximum absolute atomic E-state index is 10.3. The van der Waals surface area contributed by atoms with Crippen molar-refractivity contribution in [2.24, 2.45) is 0 Å². The van der Waals surface area contributed by atoms with E-state index in [2.05, 4.69) is 0 Å². The third-order valence-corrected chi connectivity index (χ3v) is 0.816. The molecule has 1 unspecified atom stereocenters. The van der Waals surface area contributed by atoms with E-state index in [0.717, 1.165) is 0 Å². The van der Waals surface area contributed by atoms with Crippen molar-refractivity contribution in [3.8, 4) is 0 Å². The van der Waals surface area contributed by atoms with E-state index in [4.69, 9.17) is 4.74 Å². The van der Waals surface area contributed by atoms with Crippen LogP contribution in [0.2, 0.25) is 0 Å². The van der Waals surface area contributed by atoms with Crippen LogP contribution in [0.15, 0.2) is 12.5 Å². The van der Waals surface area contributed by atoms with E-state index < -0.39 is 0 Å². The van der Waals surface area contributed by atoms with E-state index in [1.165, 1.54) is 12.5 Å². The Kier molecular flexibility index (Phi) is 1.29. The van der Waals surface area contributed by atoms with Gasteiger partial charge < -0.3 is 15.0 Å². The summed E-state index contributed by atoms with van der Waals surface area (Å²) in [4.78, 5) is 0. The molecule has 0 fully saturated rings. The monoisotopic (exact) mass is 101 g/mol. The number of rotatable bonds is 0. The second kappa shape index (κ2) is 1.95. The molecule has 0 bridgehead atoms. The summed E-state index contributed by atoms with van der Waals surface area (Å²) in [5.41, 5.74) is 0. The zero-order valence-corrected chi connectivity index (χ0v) is 3.89. The first-order chi connectivity index (χ1) is 3.39. The molecule has 1 N–H and O–H groups in total. The lowest BCUT2D eigenvalue weighted by Gasteiger charge is -2.19. The van der Waals surface area contributed by atoms with Crippen LogP contribution in [0.5, 0.6) is 0 Å². The quantitative estimate of drug-likeness (QED) is 0.392. The molecule has 0 aliphatic carbocycles. The summed E-state index contributed by atoms with van der Waals surface area (Å²) in [6.45, 7) is 1.09. The summed E-state index contributed by atoms with van der Waals surface area (Å²) in [6, 6.07) is 0. The molecule has 1 aliphatic heterocycles. The predicted octanol–water partition coefficient (Wildman–Crippen LogP) is -1.13. The van der Waals surface area contributed by atoms with Gasteiger partial charge in [0.15, 0.2) is 0 Å². The first kappa shape index (κ1) is 4.61. The summed E-state index contributed by atoms with van der Waals surface area (Å²) >= 11 is 0. The van der Waals surface area contributed by atoms with E-state index in [0.29, 0.717) is 13.2 Å². The Balaban J connectivity index is 2.36. The Bertz CT molecular complexity index is 81.8. The van der Waals surface area contributed by atoms with Crippen LogP contribution < -0.4 is 5.06 Å². The van der Waals surface area contributed by atoms with Crippen LogP contribution in [0, 0.1) is 5.21 Å². The summed E-state index contributed by atoms with van der Waals surface area (Å²) in [5, 5.41) is 10.5. The fraction of sp³-hybridized carbons (Fsp3) is 0.500. The van der Waals surface area contributed by atoms with Crippen molar-refractivity contribution in [3.63, 3.8) is 0 Å². The topological polar surface area (TPSA) is 36.7 Å². The van der Waals surface area contributed by atoms with Crippen molar-refractivity contribution >= 4 is 0 Å². The minimum absolute atomic E-state index is 0.159. The molecule has 0 saturated carbocycles. The molecule has 0 aromatic rings. The van der Waals surface area contributed by atoms with Crippen LogP contribution in [0.25, 0.3) is 0 Å². The largest absolute Gasteiger partial charge is 0.629 e. The van der Waals surface area contributed by atoms with Crippen LogP contribution in [0.4, 0.5) is 0 Å². The zero-order chi connectivity index (χ0) is 5.11. The highest BCUT2D eigenvalue weighted by molar-refractivity contribution is 4.62. The standard InChI is InChI=1S/C4H7NO2/c6-5-1-3-7-4-2-5/h1,3,5H,2,4H2. The maximum Gasteiger partial charge on any atom is 0.137 e. The second-order valence-corrected chi connectivity index (χ2v) is 1.39. The Labute approximate surface area is 41.8 Å². The Morgan fingerprint density at radius 3 is 2.86 bits per heavy atom. The Hall–Kier alpha value is -0.540. The summed E-state index contributed by atoms with van der Waals surface area (Å²) in [5.74, 6) is 0. The van der Waals surface area contributed by atoms with Gasteiger partial charge in [-0.2, -0.15) is 0 Å². The van der Waals surface area contributed by atoms with E-state index in [-0.39, 0.29) is 5.06 Å². The van der Waals surface area contributed by atoms with Crippen molar-refractivity contribution in [1.29, 1.82) is 0 Å². The van der Waals surface area contributed by atoms with E-state index in [1.807, 2.05) is 0 Å². The lowest BCUT2D eigenvalue weighted by atomic mass is 10.6. The smallest absolute Gasteiger partial charge is 0.137 e. The number of hydrogen-bond donors (Lipinski definition) is 1. The van der Waals surface area contributed by atoms with Crippen LogP contribution in [0.3, 0.4) is 0 Å². The lowest BCUT2D eigenvalue weighted by Crippen LogP contribution is -3.03. The minimum atomic E-state index is 0.159. The molecule has 0 aromatic heterocycles. The van der Waals surface area contributed by atoms with E-state index >= 15 is 0 Å². The number of hydrogen-bond acceptors (Lipinski definition) is 2. The molecule has 3 heteroatoms. The first-order valence-corrected chi connectivity index (χ1v) is 2.20. The van der Waals surface area contributed by atoms with Gasteiger partial charge in [0, 0.05) is 0 Å². The molecule has 3 nitrogen and oxygen atoms in total. The minimum Gasteiger partial charge on any atom is -0.629 e. The number of hydroxylamine groups is 2. The average molecular weight is 101 g/mol. The lowest BCUT2D eigenvalue weighted by molar-refractivity contribution is -0.796. The second-order valence-electron chi connectivity index (χ2n) is 1.39. The van der Waals surface area contributed by atoms with Crippen LogP contribution >= 0.6 is 0 Å². The van der Waals surface area contributed by atoms with Gasteiger partial charge in [0.05, 0.1) is 0 Å². The number of quaternary nitrogens is 1. The van der Waals surface area contributed by atoms with E-state index in [9.17, 15) is 5.21 Å². The molecule has 0 spiro atoms. The van der Waals surface area contributed by atoms with Gasteiger partial charge in [0.25, 0.3) is 0 Å². The third-order valence-electron chi connectivity index (χ3n) is 0.816. The van der Waals surface area contributed by atoms with Crippen LogP contribution in [0.1, 0.15) is 0 Å². The molecule has 1 heterocycles. The van der Waals surface area contributed by atoms with Gasteiger partial charge in [-0.1, -0.05) is 0 Å². The van der Waals surface area contributed by atoms with Crippen molar-refractivity contribution in [3.05, 3.63) is 17.7 Å². The Morgan fingerprint density at radius 2 is 2.57 bits per heavy atom. The molecule has 40 valence electrons. The maximum atomic E-state index is 10.3. The summed E-state index contributed by atoms with van der Waals surface area (Å²) in [7, 11) is 0. The highest BCUT2D eigenvalue weighted by Crippen LogP contribution is 1.74. The summed E-state index contributed by atoms with van der Waals surface area (Å²) in [6.07, 6.45) is 2.88. The predicted molar refractivity (Wildman–Crippen MR) is 24.3 cm³/mol. The van der Waals surface area contributed by atoms with Gasteiger partial charge in [0.1, 0.15) is 25.6 Å². The van der Waals surface area contributed by atoms with Gasteiger partial charge in [-0.05, 0) is 0 Å². The van der Waals surface area contributed by atoms with Gasteiger partial charge in [-0.3, -0.25) is 0 Å². The molecule has 1 aliphatic rings. The third kappa shape index (κ3) is 1.17. The molecule has 0 amide bonds. The summed E-state index contributed by atoms with van der Waals surface area (Å²) < 4.78 is 4.74. The van der Waals surface area contributed by atoms with Gasteiger partial charge in [0.2, 0.25) is 0 Å².